The third-order valence-electron chi connectivity index (χ3n) is 19.5. The summed E-state index contributed by atoms with van der Waals surface area (Å²) in [4.78, 5) is 41.8. The van der Waals surface area contributed by atoms with Gasteiger partial charge < -0.3 is 113 Å². The van der Waals surface area contributed by atoms with Gasteiger partial charge in [0.2, 0.25) is 17.7 Å². The Labute approximate surface area is 574 Å². The van der Waals surface area contributed by atoms with E-state index >= 15 is 0 Å². The molecule has 0 aromatic heterocycles. The van der Waals surface area contributed by atoms with Crippen LogP contribution < -0.4 is 39.3 Å². The van der Waals surface area contributed by atoms with Crippen LogP contribution in [0.25, 0.3) is 0 Å². The highest BCUT2D eigenvalue weighted by atomic mass is 16.8. The van der Waals surface area contributed by atoms with Gasteiger partial charge in [-0.15, -0.1) is 0 Å². The Morgan fingerprint density at radius 1 is 0.469 bits per heavy atom. The van der Waals surface area contributed by atoms with Crippen molar-refractivity contribution < 1.29 is 83.7 Å². The molecule has 4 rings (SSSR count). The van der Waals surface area contributed by atoms with Crippen molar-refractivity contribution in [1.82, 2.24) is 15.5 Å². The third kappa shape index (κ3) is 31.6. The van der Waals surface area contributed by atoms with Gasteiger partial charge in [-0.25, -0.2) is 0 Å². The molecule has 4 fully saturated rings. The lowest BCUT2D eigenvalue weighted by molar-refractivity contribution is -0.310. The van der Waals surface area contributed by atoms with Crippen molar-refractivity contribution in [3.63, 3.8) is 0 Å². The van der Waals surface area contributed by atoms with Gasteiger partial charge in [0, 0.05) is 51.1 Å². The second-order valence-electron chi connectivity index (χ2n) is 27.6. The molecule has 3 saturated heterocycles. The van der Waals surface area contributed by atoms with E-state index in [1.54, 1.807) is 0 Å². The Kier molecular flexibility index (Phi) is 45.0. The van der Waals surface area contributed by atoms with E-state index in [-0.39, 0.29) is 44.0 Å². The number of rotatable bonds is 53. The SMILES string of the molecule is CCCCCCCCC/C=C/CCCCCCCCN(CCCCCCCC/C=C/CCCCCCCCC)C(=O)CCC(=O)NCCCC[C@@H](N)C(=O)NCC1O[C@H](O[C@@H]2C(CO)O[C@@H](O[C@@H]3[C@@H](O)[C@H](N)C[C@H](N)[C@H]3O[C@H]3O[C@H](CO)[C@@H](O)[C@H](O)[C@H]3N)[C@@H]2O)[C@H](N)[C@@H](O)[C@@H]1O. The Morgan fingerprint density at radius 3 is 1.39 bits per heavy atom. The highest BCUT2D eigenvalue weighted by Crippen LogP contribution is 2.35. The van der Waals surface area contributed by atoms with Crippen molar-refractivity contribution in [2.45, 2.75) is 367 Å². The molecule has 20 atom stereocenters. The van der Waals surface area contributed by atoms with Gasteiger partial charge in [0.15, 0.2) is 18.9 Å². The molecule has 3 aliphatic heterocycles. The average Bonchev–Trinajstić information content (AvgIpc) is 1.22. The van der Waals surface area contributed by atoms with Crippen LogP contribution in [0.5, 0.6) is 0 Å². The van der Waals surface area contributed by atoms with Gasteiger partial charge >= 0.3 is 0 Å². The van der Waals surface area contributed by atoms with Gasteiger partial charge in [-0.05, 0) is 89.9 Å². The summed E-state index contributed by atoms with van der Waals surface area (Å²) in [7, 11) is 0. The summed E-state index contributed by atoms with van der Waals surface area (Å²) < 4.78 is 35.6. The molecular weight excluding hydrogens is 1240 g/mol. The zero-order valence-corrected chi connectivity index (χ0v) is 58.6. The number of carbonyl (C=O) groups excluding carboxylic acids is 3. The Balaban J connectivity index is 1.16. The minimum Gasteiger partial charge on any atom is -0.394 e. The predicted octanol–water partition coefficient (Wildman–Crippen LogP) is 4.37. The van der Waals surface area contributed by atoms with Crippen molar-refractivity contribution in [1.29, 1.82) is 0 Å². The van der Waals surface area contributed by atoms with E-state index in [9.17, 15) is 55.2 Å². The molecule has 20 N–H and O–H groups in total. The zero-order chi connectivity index (χ0) is 70.0. The first-order valence-corrected chi connectivity index (χ1v) is 37.5. The monoisotopic (exact) mass is 1370 g/mol. The molecule has 3 heterocycles. The number of allylic oxidation sites excluding steroid dienone is 4. The van der Waals surface area contributed by atoms with Crippen molar-refractivity contribution in [3.8, 4) is 0 Å². The molecule has 25 heteroatoms. The van der Waals surface area contributed by atoms with Crippen LogP contribution >= 0.6 is 0 Å². The average molecular weight is 1370 g/mol. The molecule has 25 nitrogen and oxygen atoms in total. The minimum absolute atomic E-state index is 0.0112. The topological polar surface area (TPSA) is 426 Å². The minimum atomic E-state index is -1.74. The first kappa shape index (κ1) is 85.5. The highest BCUT2D eigenvalue weighted by molar-refractivity contribution is 5.83. The summed E-state index contributed by atoms with van der Waals surface area (Å²) in [6, 6.07) is -5.63. The molecule has 4 aliphatic rings. The number of unbranched alkanes of at least 4 members (excludes halogenated alkanes) is 27. The lowest BCUT2D eigenvalue weighted by Crippen LogP contribution is -2.68. The molecule has 0 radical (unpaired) electrons. The van der Waals surface area contributed by atoms with Gasteiger partial charge in [0.1, 0.15) is 67.1 Å². The summed E-state index contributed by atoms with van der Waals surface area (Å²) in [5, 5.41) is 91.3. The van der Waals surface area contributed by atoms with Crippen LogP contribution in [0.2, 0.25) is 0 Å². The number of amides is 3. The van der Waals surface area contributed by atoms with Gasteiger partial charge in [0.25, 0.3) is 0 Å². The second-order valence-corrected chi connectivity index (χ2v) is 27.6. The maximum Gasteiger partial charge on any atom is 0.237 e. The molecule has 560 valence electrons. The smallest absolute Gasteiger partial charge is 0.237 e. The summed E-state index contributed by atoms with van der Waals surface area (Å²) in [5.74, 6) is -0.784. The van der Waals surface area contributed by atoms with Crippen LogP contribution in [0.3, 0.4) is 0 Å². The number of nitrogens with two attached hydrogens (primary N) is 5. The van der Waals surface area contributed by atoms with Gasteiger partial charge in [-0.3, -0.25) is 14.4 Å². The van der Waals surface area contributed by atoms with Gasteiger partial charge in [-0.1, -0.05) is 167 Å². The van der Waals surface area contributed by atoms with E-state index in [4.69, 9.17) is 57.1 Å². The fraction of sp³-hybridized carbons (Fsp3) is 0.901. The largest absolute Gasteiger partial charge is 0.394 e. The number of hydrogen-bond acceptors (Lipinski definition) is 22. The van der Waals surface area contributed by atoms with E-state index in [1.165, 1.54) is 141 Å². The number of aliphatic hydroxyl groups is 8. The Hall–Kier alpha value is -2.87. The molecule has 3 amide bonds. The van der Waals surface area contributed by atoms with E-state index in [0.29, 0.717) is 32.5 Å². The molecule has 0 bridgehead atoms. The molecule has 96 heavy (non-hydrogen) atoms. The second kappa shape index (κ2) is 50.5. The predicted molar refractivity (Wildman–Crippen MR) is 369 cm³/mol. The summed E-state index contributed by atoms with van der Waals surface area (Å²) in [6.45, 7) is 4.49. The standard InChI is InChI=1S/C71H134N8O17/c1-3-5-7-9-11-13-15-17-19-21-23-25-27-29-31-33-37-43-79(44-38-34-32-30-28-26-24-22-20-18-16-14-12-10-8-6-4-2)56(83)41-40-55(82)77-42-36-35-39-49(72)68(90)78-46-52-60(85)62(87)57(75)69(91-52)95-66-54(48-81)93-71(64(66)89)96-67-59(84)50(73)45-51(74)65(67)94-70-58(76)63(88)61(86)53(47-80)92-70/h19-22,49-54,57-67,69-71,80-81,84-89H,3-18,23-48,72-76H2,1-2H3,(H,77,82)(H,78,90)/b21-19+,22-20+/t49-,50-,51+,52?,53-,54?,57-,58-,59+,60-,61-,62-,63-,64-,65-,66-,67-,69-,70-,71+/m1/s1. The number of nitrogens with one attached hydrogen (secondary N) is 2. The molecular formula is C71H134N8O17. The lowest BCUT2D eigenvalue weighted by Gasteiger charge is -2.47. The van der Waals surface area contributed by atoms with E-state index in [0.717, 1.165) is 51.4 Å². The Morgan fingerprint density at radius 2 is 0.896 bits per heavy atom. The number of carbonyl (C=O) groups is 3. The first-order valence-electron chi connectivity index (χ1n) is 37.5. The van der Waals surface area contributed by atoms with Gasteiger partial charge in [-0.2, -0.15) is 0 Å². The first-order chi connectivity index (χ1) is 46.4. The highest BCUT2D eigenvalue weighted by Gasteiger charge is 2.54. The fourth-order valence-corrected chi connectivity index (χ4v) is 13.1. The van der Waals surface area contributed by atoms with Crippen molar-refractivity contribution in [2.75, 3.05) is 39.4 Å². The number of hydrogen-bond donors (Lipinski definition) is 15. The molecule has 1 aliphatic carbocycles. The van der Waals surface area contributed by atoms with Crippen LogP contribution in [-0.4, -0.2) is 225 Å². The van der Waals surface area contributed by atoms with Crippen molar-refractivity contribution >= 4 is 17.7 Å². The van der Waals surface area contributed by atoms with E-state index in [1.807, 2.05) is 4.90 Å². The molecule has 0 aromatic carbocycles. The van der Waals surface area contributed by atoms with E-state index < -0.39 is 141 Å². The van der Waals surface area contributed by atoms with Crippen LogP contribution in [0, 0.1) is 0 Å². The zero-order valence-electron chi connectivity index (χ0n) is 58.6. The summed E-state index contributed by atoms with van der Waals surface area (Å²) >= 11 is 0. The third-order valence-corrected chi connectivity index (χ3v) is 19.5. The molecule has 1 saturated carbocycles. The van der Waals surface area contributed by atoms with Crippen molar-refractivity contribution in [2.24, 2.45) is 28.7 Å². The van der Waals surface area contributed by atoms with Crippen LogP contribution in [0.1, 0.15) is 245 Å². The molecule has 0 aromatic rings. The maximum absolute atomic E-state index is 13.6. The summed E-state index contributed by atoms with van der Waals surface area (Å²) in [5.41, 5.74) is 31.2. The van der Waals surface area contributed by atoms with Crippen LogP contribution in [0.15, 0.2) is 24.3 Å². The van der Waals surface area contributed by atoms with E-state index in [2.05, 4.69) is 48.8 Å². The quantitative estimate of drug-likeness (QED) is 0.0297. The number of ether oxygens (including phenoxy) is 6. The Bertz CT molecular complexity index is 2050. The van der Waals surface area contributed by atoms with Crippen LogP contribution in [0.4, 0.5) is 0 Å². The molecule has 2 unspecified atom stereocenters. The maximum atomic E-state index is 13.6. The number of nitrogens with zero attached hydrogens (tertiary/aromatic N) is 1. The van der Waals surface area contributed by atoms with Crippen LogP contribution in [-0.2, 0) is 42.8 Å². The molecule has 0 spiro atoms. The fourth-order valence-electron chi connectivity index (χ4n) is 13.1. The summed E-state index contributed by atoms with van der Waals surface area (Å²) in [6.07, 6.45) is 25.7. The lowest BCUT2D eigenvalue weighted by atomic mass is 9.84. The van der Waals surface area contributed by atoms with Crippen molar-refractivity contribution in [3.05, 3.63) is 24.3 Å². The number of aliphatic hydroxyl groups excluding tert-OH is 8. The normalized spacial score (nSPS) is 30.6. The van der Waals surface area contributed by atoms with Gasteiger partial charge in [0.05, 0.1) is 37.4 Å².